The Balaban J connectivity index is 1.34. The van der Waals surface area contributed by atoms with E-state index in [0.717, 1.165) is 11.2 Å². The predicted molar refractivity (Wildman–Crippen MR) is 182 cm³/mol. The molecule has 2 nitrogen and oxygen atoms in total. The van der Waals surface area contributed by atoms with Gasteiger partial charge in [-0.05, 0) is 84.9 Å². The fourth-order valence-corrected chi connectivity index (χ4v) is 6.99. The number of nitrogens with zero attached hydrogens (tertiary/aromatic N) is 2. The Morgan fingerprint density at radius 1 is 0.395 bits per heavy atom. The topological polar surface area (TPSA) is 17.8 Å². The summed E-state index contributed by atoms with van der Waals surface area (Å²) in [5.41, 5.74) is 8.48. The zero-order valence-corrected chi connectivity index (χ0v) is 23.4. The molecule has 0 saturated heterocycles. The molecule has 9 aromatic rings. The van der Waals surface area contributed by atoms with Crippen molar-refractivity contribution in [1.82, 2.24) is 9.55 Å². The Kier molecular flexibility index (Phi) is 5.23. The van der Waals surface area contributed by atoms with E-state index < -0.39 is 0 Å². The average Bonchev–Trinajstić information content (AvgIpc) is 3.41. The second-order valence-corrected chi connectivity index (χ2v) is 11.2. The maximum Gasteiger partial charge on any atom is 0.0571 e. The van der Waals surface area contributed by atoms with Crippen LogP contribution in [0.25, 0.3) is 82.1 Å². The van der Waals surface area contributed by atoms with E-state index in [1.54, 1.807) is 0 Å². The molecule has 0 N–H and O–H groups in total. The first kappa shape index (κ1) is 23.9. The molecule has 200 valence electrons. The van der Waals surface area contributed by atoms with Crippen LogP contribution in [0, 0.1) is 0 Å². The zero-order chi connectivity index (χ0) is 28.3. The fraction of sp³-hybridized carbons (Fsp3) is 0. The molecular formula is C41H26N2. The number of para-hydroxylation sites is 1. The van der Waals surface area contributed by atoms with Crippen molar-refractivity contribution >= 4 is 54.1 Å². The highest BCUT2D eigenvalue weighted by Crippen LogP contribution is 2.44. The van der Waals surface area contributed by atoms with Crippen LogP contribution in [0.2, 0.25) is 0 Å². The summed E-state index contributed by atoms with van der Waals surface area (Å²) in [4.78, 5) is 4.44. The summed E-state index contributed by atoms with van der Waals surface area (Å²) < 4.78 is 2.36. The van der Waals surface area contributed by atoms with Gasteiger partial charge in [-0.3, -0.25) is 4.98 Å². The summed E-state index contributed by atoms with van der Waals surface area (Å²) in [6, 6.07) is 52.9. The second kappa shape index (κ2) is 9.40. The van der Waals surface area contributed by atoms with Gasteiger partial charge in [0.25, 0.3) is 0 Å². The Morgan fingerprint density at radius 2 is 0.977 bits per heavy atom. The third-order valence-electron chi connectivity index (χ3n) is 8.84. The Hall–Kier alpha value is -5.73. The molecule has 0 spiro atoms. The van der Waals surface area contributed by atoms with Crippen LogP contribution in [0.5, 0.6) is 0 Å². The zero-order valence-electron chi connectivity index (χ0n) is 23.4. The molecule has 2 heterocycles. The maximum atomic E-state index is 4.44. The molecule has 0 radical (unpaired) electrons. The van der Waals surface area contributed by atoms with Crippen LogP contribution < -0.4 is 0 Å². The van der Waals surface area contributed by atoms with E-state index in [-0.39, 0.29) is 0 Å². The van der Waals surface area contributed by atoms with Crippen molar-refractivity contribution in [3.8, 4) is 27.9 Å². The van der Waals surface area contributed by atoms with Crippen LogP contribution in [0.3, 0.4) is 0 Å². The first-order valence-electron chi connectivity index (χ1n) is 14.7. The van der Waals surface area contributed by atoms with E-state index in [9.17, 15) is 0 Å². The monoisotopic (exact) mass is 546 g/mol. The van der Waals surface area contributed by atoms with Gasteiger partial charge in [0.05, 0.1) is 11.0 Å². The van der Waals surface area contributed by atoms with Crippen molar-refractivity contribution in [2.75, 3.05) is 0 Å². The lowest BCUT2D eigenvalue weighted by Crippen LogP contribution is -1.95. The summed E-state index contributed by atoms with van der Waals surface area (Å²) in [6.07, 6.45) is 3.86. The molecule has 0 amide bonds. The lowest BCUT2D eigenvalue weighted by Gasteiger charge is -2.18. The maximum absolute atomic E-state index is 4.44. The van der Waals surface area contributed by atoms with Crippen LogP contribution in [0.1, 0.15) is 0 Å². The molecule has 0 aliphatic heterocycles. The van der Waals surface area contributed by atoms with E-state index in [1.165, 1.54) is 70.9 Å². The molecule has 9 rings (SSSR count). The summed E-state index contributed by atoms with van der Waals surface area (Å²) in [5, 5.41) is 9.94. The molecule has 0 aliphatic rings. The Labute approximate surface area is 249 Å². The predicted octanol–water partition coefficient (Wildman–Crippen LogP) is 11.0. The summed E-state index contributed by atoms with van der Waals surface area (Å²) >= 11 is 0. The first-order chi connectivity index (χ1) is 21.3. The molecular weight excluding hydrogens is 520 g/mol. The number of aromatic nitrogens is 2. The minimum absolute atomic E-state index is 1.14. The highest BCUT2D eigenvalue weighted by atomic mass is 15.0. The number of hydrogen-bond acceptors (Lipinski definition) is 1. The van der Waals surface area contributed by atoms with Gasteiger partial charge in [0, 0.05) is 28.9 Å². The standard InChI is InChI=1S/C41H26N2/c1-2-11-28-24-30(21-20-27(28)10-1)41-35-17-5-3-15-33(35)40(34-16-4-6-18-36(34)41)29-12-9-13-31(25-29)43-38-19-8-7-14-32(38)37-26-42-23-22-39(37)43/h1-26H. The van der Waals surface area contributed by atoms with Gasteiger partial charge in [-0.2, -0.15) is 0 Å². The third-order valence-corrected chi connectivity index (χ3v) is 8.84. The van der Waals surface area contributed by atoms with Crippen LogP contribution in [-0.2, 0) is 0 Å². The van der Waals surface area contributed by atoms with Crippen LogP contribution in [0.4, 0.5) is 0 Å². The number of pyridine rings is 1. The fourth-order valence-electron chi connectivity index (χ4n) is 6.99. The molecule has 7 aromatic carbocycles. The SMILES string of the molecule is c1cc(-c2c3ccccc3c(-c3ccc4ccccc4c3)c3ccccc23)cc(-n2c3ccccc3c3cnccc32)c1. The number of benzene rings is 7. The van der Waals surface area contributed by atoms with E-state index in [4.69, 9.17) is 0 Å². The summed E-state index contributed by atoms with van der Waals surface area (Å²) in [7, 11) is 0. The van der Waals surface area contributed by atoms with Gasteiger partial charge in [-0.15, -0.1) is 0 Å². The molecule has 0 fully saturated rings. The molecule has 0 unspecified atom stereocenters. The Morgan fingerprint density at radius 3 is 1.70 bits per heavy atom. The van der Waals surface area contributed by atoms with Crippen molar-refractivity contribution < 1.29 is 0 Å². The third kappa shape index (κ3) is 3.63. The molecule has 2 aromatic heterocycles. The lowest BCUT2D eigenvalue weighted by atomic mass is 9.85. The van der Waals surface area contributed by atoms with Gasteiger partial charge in [-0.1, -0.05) is 115 Å². The molecule has 0 saturated carbocycles. The van der Waals surface area contributed by atoms with Crippen LogP contribution in [-0.4, -0.2) is 9.55 Å². The highest BCUT2D eigenvalue weighted by Gasteiger charge is 2.18. The van der Waals surface area contributed by atoms with Gasteiger partial charge < -0.3 is 4.57 Å². The van der Waals surface area contributed by atoms with E-state index >= 15 is 0 Å². The minimum Gasteiger partial charge on any atom is -0.309 e. The van der Waals surface area contributed by atoms with Gasteiger partial charge in [0.2, 0.25) is 0 Å². The number of hydrogen-bond donors (Lipinski definition) is 0. The normalized spacial score (nSPS) is 11.7. The number of fused-ring (bicyclic) bond motifs is 6. The van der Waals surface area contributed by atoms with Gasteiger partial charge in [0.15, 0.2) is 0 Å². The minimum atomic E-state index is 1.14. The molecule has 0 aliphatic carbocycles. The first-order valence-corrected chi connectivity index (χ1v) is 14.7. The van der Waals surface area contributed by atoms with E-state index in [2.05, 4.69) is 155 Å². The molecule has 2 heteroatoms. The highest BCUT2D eigenvalue weighted by molar-refractivity contribution is 6.22. The van der Waals surface area contributed by atoms with Gasteiger partial charge in [-0.25, -0.2) is 0 Å². The molecule has 0 bridgehead atoms. The average molecular weight is 547 g/mol. The van der Waals surface area contributed by atoms with Gasteiger partial charge in [0.1, 0.15) is 0 Å². The lowest BCUT2D eigenvalue weighted by molar-refractivity contribution is 1.18. The van der Waals surface area contributed by atoms with Crippen molar-refractivity contribution in [2.45, 2.75) is 0 Å². The van der Waals surface area contributed by atoms with E-state index in [1.807, 2.05) is 12.4 Å². The molecule has 0 atom stereocenters. The number of rotatable bonds is 3. The molecule has 43 heavy (non-hydrogen) atoms. The Bertz CT molecular complexity index is 2410. The van der Waals surface area contributed by atoms with Crippen LogP contribution >= 0.6 is 0 Å². The second-order valence-electron chi connectivity index (χ2n) is 11.2. The van der Waals surface area contributed by atoms with Crippen molar-refractivity contribution in [3.63, 3.8) is 0 Å². The largest absolute Gasteiger partial charge is 0.309 e. The van der Waals surface area contributed by atoms with E-state index in [0.29, 0.717) is 0 Å². The van der Waals surface area contributed by atoms with Crippen molar-refractivity contribution in [3.05, 3.63) is 158 Å². The summed E-state index contributed by atoms with van der Waals surface area (Å²) in [5.74, 6) is 0. The smallest absolute Gasteiger partial charge is 0.0571 e. The van der Waals surface area contributed by atoms with Crippen molar-refractivity contribution in [1.29, 1.82) is 0 Å². The van der Waals surface area contributed by atoms with Crippen LogP contribution in [0.15, 0.2) is 158 Å². The van der Waals surface area contributed by atoms with Gasteiger partial charge >= 0.3 is 0 Å². The van der Waals surface area contributed by atoms with Crippen molar-refractivity contribution in [2.24, 2.45) is 0 Å². The summed E-state index contributed by atoms with van der Waals surface area (Å²) in [6.45, 7) is 0. The quantitative estimate of drug-likeness (QED) is 0.202.